The largest absolute Gasteiger partial charge is 0.378 e. The van der Waals surface area contributed by atoms with E-state index in [1.54, 1.807) is 0 Å². The van der Waals surface area contributed by atoms with E-state index in [1.807, 2.05) is 73.6 Å². The first-order valence-electron chi connectivity index (χ1n) is 8.27. The number of aromatic nitrogens is 4. The van der Waals surface area contributed by atoms with Gasteiger partial charge in [-0.1, -0.05) is 30.8 Å². The lowest BCUT2D eigenvalue weighted by atomic mass is 10.1. The van der Waals surface area contributed by atoms with Gasteiger partial charge >= 0.3 is 0 Å². The monoisotopic (exact) mass is 345 g/mol. The summed E-state index contributed by atoms with van der Waals surface area (Å²) in [5.74, 6) is 0.448. The molecule has 6 nitrogen and oxygen atoms in total. The van der Waals surface area contributed by atoms with Crippen LogP contribution in [0.15, 0.2) is 53.3 Å². The molecule has 2 aromatic heterocycles. The van der Waals surface area contributed by atoms with Crippen LogP contribution in [0.5, 0.6) is 0 Å². The third-order valence-electron chi connectivity index (χ3n) is 4.31. The molecule has 0 fully saturated rings. The maximum Gasteiger partial charge on any atom is 0.281 e. The van der Waals surface area contributed by atoms with E-state index in [1.165, 1.54) is 4.68 Å². The van der Waals surface area contributed by atoms with Crippen LogP contribution < -0.4 is 21.0 Å². The molecule has 6 heteroatoms. The molecule has 4 aromatic rings. The Bertz CT molecular complexity index is 1210. The molecule has 0 radical (unpaired) electrons. The molecule has 0 unspecified atom stereocenters. The molecule has 0 spiro atoms. The van der Waals surface area contributed by atoms with Crippen molar-refractivity contribution < 1.29 is 0 Å². The van der Waals surface area contributed by atoms with Crippen molar-refractivity contribution in [3.8, 4) is 5.95 Å². The summed E-state index contributed by atoms with van der Waals surface area (Å²) in [7, 11) is 3.98. The molecule has 0 aliphatic carbocycles. The zero-order valence-corrected chi connectivity index (χ0v) is 14.7. The van der Waals surface area contributed by atoms with Crippen molar-refractivity contribution in [1.82, 2.24) is 19.7 Å². The van der Waals surface area contributed by atoms with Gasteiger partial charge in [-0.15, -0.1) is 0 Å². The zero-order valence-electron chi connectivity index (χ0n) is 14.7. The van der Waals surface area contributed by atoms with Crippen molar-refractivity contribution in [3.05, 3.63) is 75.0 Å². The maximum absolute atomic E-state index is 12.8. The normalized spacial score (nSPS) is 12.0. The van der Waals surface area contributed by atoms with Crippen LogP contribution >= 0.6 is 0 Å². The summed E-state index contributed by atoms with van der Waals surface area (Å²) in [6, 6.07) is 15.6. The lowest BCUT2D eigenvalue weighted by Crippen LogP contribution is -2.34. The van der Waals surface area contributed by atoms with E-state index in [-0.39, 0.29) is 5.56 Å². The van der Waals surface area contributed by atoms with Crippen LogP contribution in [0.3, 0.4) is 0 Å². The van der Waals surface area contributed by atoms with Crippen LogP contribution in [0.4, 0.5) is 5.69 Å². The number of hydrogen-bond donors (Lipinski definition) is 2. The topological polar surface area (TPSA) is 69.7 Å². The Morgan fingerprint density at radius 2 is 1.85 bits per heavy atom. The SMILES string of the molecule is C=c1[nH]n(-c2nc3ccccc3[nH]2)c(=O)/c1=C/c1ccc(N(C)C)cc1. The Hall–Kier alpha value is -3.54. The Labute approximate surface area is 149 Å². The molecule has 0 bridgehead atoms. The fraction of sp³-hybridized carbons (Fsp3) is 0.100. The summed E-state index contributed by atoms with van der Waals surface area (Å²) in [5.41, 5.74) is 3.53. The van der Waals surface area contributed by atoms with E-state index in [9.17, 15) is 4.79 Å². The Balaban J connectivity index is 1.81. The van der Waals surface area contributed by atoms with Gasteiger partial charge in [-0.05, 0) is 35.9 Å². The first-order chi connectivity index (χ1) is 12.5. The van der Waals surface area contributed by atoms with Gasteiger partial charge in [-0.3, -0.25) is 9.89 Å². The quantitative estimate of drug-likeness (QED) is 0.589. The van der Waals surface area contributed by atoms with E-state index in [2.05, 4.69) is 21.6 Å². The minimum absolute atomic E-state index is 0.189. The fourth-order valence-corrected chi connectivity index (χ4v) is 2.87. The molecule has 130 valence electrons. The van der Waals surface area contributed by atoms with Crippen molar-refractivity contribution in [2.75, 3.05) is 19.0 Å². The number of H-pyrrole nitrogens is 2. The molecule has 0 saturated carbocycles. The first-order valence-corrected chi connectivity index (χ1v) is 8.27. The van der Waals surface area contributed by atoms with E-state index in [0.717, 1.165) is 22.3 Å². The smallest absolute Gasteiger partial charge is 0.281 e. The summed E-state index contributed by atoms with van der Waals surface area (Å²) in [5, 5.41) is 4.06. The minimum Gasteiger partial charge on any atom is -0.378 e. The lowest BCUT2D eigenvalue weighted by Gasteiger charge is -2.11. The third-order valence-corrected chi connectivity index (χ3v) is 4.31. The van der Waals surface area contributed by atoms with Crippen LogP contribution in [0.2, 0.25) is 0 Å². The number of hydrogen-bond acceptors (Lipinski definition) is 3. The van der Waals surface area contributed by atoms with Crippen molar-refractivity contribution in [2.24, 2.45) is 0 Å². The predicted molar refractivity (Wildman–Crippen MR) is 105 cm³/mol. The van der Waals surface area contributed by atoms with E-state index in [0.29, 0.717) is 16.5 Å². The molecular formula is C20H19N5O. The molecule has 2 heterocycles. The summed E-state index contributed by atoms with van der Waals surface area (Å²) in [4.78, 5) is 22.5. The van der Waals surface area contributed by atoms with Gasteiger partial charge in [0.2, 0.25) is 5.95 Å². The second-order valence-corrected chi connectivity index (χ2v) is 6.35. The first kappa shape index (κ1) is 16.0. The predicted octanol–water partition coefficient (Wildman–Crippen LogP) is 1.35. The Kier molecular flexibility index (Phi) is 3.73. The standard InChI is InChI=1S/C20H19N5O/c1-13-16(12-14-8-10-15(11-9-14)24(2)3)19(26)25(23-13)20-21-17-6-4-5-7-18(17)22-20/h4-12,23H,1H2,2-3H3,(H,21,22)/b16-12+. The fourth-order valence-electron chi connectivity index (χ4n) is 2.87. The van der Waals surface area contributed by atoms with Crippen molar-refractivity contribution >= 4 is 29.4 Å². The van der Waals surface area contributed by atoms with Gasteiger partial charge < -0.3 is 9.88 Å². The highest BCUT2D eigenvalue weighted by Gasteiger charge is 2.09. The van der Waals surface area contributed by atoms with Gasteiger partial charge in [0, 0.05) is 19.8 Å². The van der Waals surface area contributed by atoms with Crippen LogP contribution in [0, 0.1) is 0 Å². The number of nitrogens with one attached hydrogen (secondary N) is 2. The van der Waals surface area contributed by atoms with Crippen LogP contribution in [-0.2, 0) is 0 Å². The van der Waals surface area contributed by atoms with Crippen molar-refractivity contribution in [1.29, 1.82) is 0 Å². The van der Waals surface area contributed by atoms with Crippen LogP contribution in [-0.4, -0.2) is 33.8 Å². The van der Waals surface area contributed by atoms with Gasteiger partial charge in [0.25, 0.3) is 5.56 Å². The number of imidazole rings is 1. The average molecular weight is 345 g/mol. The lowest BCUT2D eigenvalue weighted by molar-refractivity contribution is 0.793. The second-order valence-electron chi connectivity index (χ2n) is 6.35. The molecule has 26 heavy (non-hydrogen) atoms. The molecule has 0 aliphatic heterocycles. The maximum atomic E-state index is 12.8. The zero-order chi connectivity index (χ0) is 18.3. The number of fused-ring (bicyclic) bond motifs is 1. The number of benzene rings is 2. The summed E-state index contributed by atoms with van der Waals surface area (Å²) >= 11 is 0. The van der Waals surface area contributed by atoms with Crippen LogP contribution in [0.1, 0.15) is 5.56 Å². The van der Waals surface area contributed by atoms with E-state index in [4.69, 9.17) is 0 Å². The third kappa shape index (κ3) is 2.71. The molecule has 0 saturated heterocycles. The minimum atomic E-state index is -0.189. The summed E-state index contributed by atoms with van der Waals surface area (Å²) in [6.07, 6.45) is 1.83. The molecule has 0 aliphatic rings. The van der Waals surface area contributed by atoms with Crippen molar-refractivity contribution in [3.63, 3.8) is 0 Å². The molecular weight excluding hydrogens is 326 g/mol. The summed E-state index contributed by atoms with van der Waals surface area (Å²) in [6.45, 7) is 3.97. The average Bonchev–Trinajstić information content (AvgIpc) is 3.18. The highest BCUT2D eigenvalue weighted by atomic mass is 16.1. The molecule has 4 rings (SSSR count). The molecule has 2 aromatic carbocycles. The number of aromatic amines is 2. The van der Waals surface area contributed by atoms with Gasteiger partial charge in [0.15, 0.2) is 0 Å². The number of rotatable bonds is 3. The summed E-state index contributed by atoms with van der Waals surface area (Å²) < 4.78 is 1.39. The van der Waals surface area contributed by atoms with Gasteiger partial charge in [-0.2, -0.15) is 4.68 Å². The van der Waals surface area contributed by atoms with Gasteiger partial charge in [0.05, 0.1) is 21.6 Å². The molecule has 0 amide bonds. The second kappa shape index (κ2) is 6.07. The van der Waals surface area contributed by atoms with E-state index >= 15 is 0 Å². The van der Waals surface area contributed by atoms with Crippen LogP contribution in [0.25, 0.3) is 29.6 Å². The Morgan fingerprint density at radius 1 is 1.12 bits per heavy atom. The highest BCUT2D eigenvalue weighted by Crippen LogP contribution is 2.12. The van der Waals surface area contributed by atoms with Crippen molar-refractivity contribution in [2.45, 2.75) is 0 Å². The number of para-hydroxylation sites is 2. The Morgan fingerprint density at radius 3 is 2.54 bits per heavy atom. The molecule has 2 N–H and O–H groups in total. The van der Waals surface area contributed by atoms with Gasteiger partial charge in [0.1, 0.15) is 0 Å². The molecule has 0 atom stereocenters. The van der Waals surface area contributed by atoms with Gasteiger partial charge in [-0.25, -0.2) is 4.98 Å². The number of anilines is 1. The van der Waals surface area contributed by atoms with E-state index < -0.39 is 0 Å². The number of nitrogens with zero attached hydrogens (tertiary/aromatic N) is 3. The highest BCUT2D eigenvalue weighted by molar-refractivity contribution is 5.75.